The minimum Gasteiger partial charge on any atom is -0.298 e. The van der Waals surface area contributed by atoms with E-state index in [0.717, 1.165) is 11.3 Å². The van der Waals surface area contributed by atoms with Gasteiger partial charge in [0.2, 0.25) is 0 Å². The van der Waals surface area contributed by atoms with Gasteiger partial charge in [-0.15, -0.1) is 11.3 Å². The molecule has 1 N–H and O–H groups in total. The molecular weight excluding hydrogens is 370 g/mol. The van der Waals surface area contributed by atoms with E-state index in [9.17, 15) is 13.2 Å². The smallest absolute Gasteiger partial charge is 0.257 e. The summed E-state index contributed by atoms with van der Waals surface area (Å²) in [5, 5.41) is 4.44. The van der Waals surface area contributed by atoms with Crippen LogP contribution in [0, 0.1) is 0 Å². The number of carbonyl (C=O) groups excluding carboxylic acids is 1. The Bertz CT molecular complexity index is 1030. The van der Waals surface area contributed by atoms with E-state index in [1.54, 1.807) is 38.4 Å². The molecule has 0 spiro atoms. The molecule has 3 rings (SSSR count). The second-order valence-corrected chi connectivity index (χ2v) is 9.21. The van der Waals surface area contributed by atoms with Gasteiger partial charge in [-0.2, -0.15) is 0 Å². The molecule has 0 atom stereocenters. The number of benzene rings is 1. The van der Waals surface area contributed by atoms with Gasteiger partial charge >= 0.3 is 0 Å². The van der Waals surface area contributed by atoms with Crippen LogP contribution in [0.15, 0.2) is 59.1 Å². The number of nitrogens with zero attached hydrogens (tertiary/aromatic N) is 2. The quantitative estimate of drug-likeness (QED) is 0.722. The molecule has 0 unspecified atom stereocenters. The van der Waals surface area contributed by atoms with Crippen LogP contribution in [0.25, 0.3) is 11.3 Å². The Morgan fingerprint density at radius 2 is 1.88 bits per heavy atom. The first-order chi connectivity index (χ1) is 12.4. The third kappa shape index (κ3) is 3.81. The van der Waals surface area contributed by atoms with E-state index in [1.807, 2.05) is 17.5 Å². The summed E-state index contributed by atoms with van der Waals surface area (Å²) in [4.78, 5) is 20.9. The van der Waals surface area contributed by atoms with E-state index in [-0.39, 0.29) is 10.5 Å². The van der Waals surface area contributed by atoms with Crippen LogP contribution in [0.1, 0.15) is 24.2 Å². The van der Waals surface area contributed by atoms with Crippen molar-refractivity contribution in [3.8, 4) is 11.3 Å². The fraction of sp³-hybridized carbons (Fsp3) is 0.167. The maximum atomic E-state index is 12.5. The van der Waals surface area contributed by atoms with Crippen molar-refractivity contribution in [3.05, 3.63) is 59.7 Å². The highest BCUT2D eigenvalue weighted by molar-refractivity contribution is 7.92. The Labute approximate surface area is 155 Å². The van der Waals surface area contributed by atoms with Crippen LogP contribution in [0.5, 0.6) is 0 Å². The van der Waals surface area contributed by atoms with Crippen molar-refractivity contribution in [1.82, 2.24) is 9.97 Å². The zero-order valence-electron chi connectivity index (χ0n) is 14.2. The standard InChI is InChI=1S/C18H17N3O3S2/c1-12(2)26(23,24)15-5-3-4-14(10-15)17(22)21-18-20-16(11-25-18)13-6-8-19-9-7-13/h3-12H,1-2H3,(H,20,21,22). The molecule has 1 amide bonds. The Balaban J connectivity index is 1.80. The van der Waals surface area contributed by atoms with Gasteiger partial charge in [0.05, 0.1) is 15.8 Å². The predicted molar refractivity (Wildman–Crippen MR) is 102 cm³/mol. The van der Waals surface area contributed by atoms with Crippen LogP contribution >= 0.6 is 11.3 Å². The molecule has 0 saturated heterocycles. The zero-order chi connectivity index (χ0) is 18.7. The van der Waals surface area contributed by atoms with Gasteiger partial charge in [-0.3, -0.25) is 15.1 Å². The fourth-order valence-corrected chi connectivity index (χ4v) is 4.06. The van der Waals surface area contributed by atoms with E-state index in [2.05, 4.69) is 15.3 Å². The molecule has 134 valence electrons. The van der Waals surface area contributed by atoms with Crippen molar-refractivity contribution in [2.75, 3.05) is 5.32 Å². The normalized spacial score (nSPS) is 11.5. The Hall–Kier alpha value is -2.58. The van der Waals surface area contributed by atoms with Gasteiger partial charge in [0.15, 0.2) is 15.0 Å². The van der Waals surface area contributed by atoms with Crippen LogP contribution in [-0.2, 0) is 9.84 Å². The molecule has 1 aromatic carbocycles. The van der Waals surface area contributed by atoms with Crippen molar-refractivity contribution in [2.45, 2.75) is 24.0 Å². The molecule has 6 nitrogen and oxygen atoms in total. The lowest BCUT2D eigenvalue weighted by Crippen LogP contribution is -2.16. The monoisotopic (exact) mass is 387 g/mol. The van der Waals surface area contributed by atoms with Crippen LogP contribution in [0.2, 0.25) is 0 Å². The highest BCUT2D eigenvalue weighted by atomic mass is 32.2. The number of nitrogens with one attached hydrogen (secondary N) is 1. The minimum atomic E-state index is -3.44. The van der Waals surface area contributed by atoms with Gasteiger partial charge in [0.25, 0.3) is 5.91 Å². The number of thiazole rings is 1. The Morgan fingerprint density at radius 1 is 1.15 bits per heavy atom. The predicted octanol–water partition coefficient (Wildman–Crippen LogP) is 3.64. The number of sulfone groups is 1. The fourth-order valence-electron chi connectivity index (χ4n) is 2.24. The third-order valence-electron chi connectivity index (χ3n) is 3.75. The van der Waals surface area contributed by atoms with E-state index in [0.29, 0.717) is 5.13 Å². The summed E-state index contributed by atoms with van der Waals surface area (Å²) in [5.74, 6) is -0.401. The Kier molecular flexibility index (Phi) is 5.15. The topological polar surface area (TPSA) is 89.0 Å². The molecule has 8 heteroatoms. The number of pyridine rings is 1. The summed E-state index contributed by atoms with van der Waals surface area (Å²) in [5.41, 5.74) is 1.91. The van der Waals surface area contributed by atoms with E-state index in [1.165, 1.54) is 23.5 Å². The minimum absolute atomic E-state index is 0.136. The highest BCUT2D eigenvalue weighted by Crippen LogP contribution is 2.25. The van der Waals surface area contributed by atoms with Crippen molar-refractivity contribution < 1.29 is 13.2 Å². The lowest BCUT2D eigenvalue weighted by Gasteiger charge is -2.09. The van der Waals surface area contributed by atoms with E-state index >= 15 is 0 Å². The lowest BCUT2D eigenvalue weighted by atomic mass is 10.2. The van der Waals surface area contributed by atoms with Gasteiger partial charge in [-0.25, -0.2) is 13.4 Å². The van der Waals surface area contributed by atoms with Crippen molar-refractivity contribution in [1.29, 1.82) is 0 Å². The molecule has 3 aromatic rings. The summed E-state index contributed by atoms with van der Waals surface area (Å²) in [7, 11) is -3.44. The molecule has 26 heavy (non-hydrogen) atoms. The lowest BCUT2D eigenvalue weighted by molar-refractivity contribution is 0.102. The van der Waals surface area contributed by atoms with Crippen molar-refractivity contribution in [3.63, 3.8) is 0 Å². The number of carbonyl (C=O) groups is 1. The number of rotatable bonds is 5. The molecule has 0 fully saturated rings. The third-order valence-corrected chi connectivity index (χ3v) is 6.66. The van der Waals surface area contributed by atoms with Crippen LogP contribution < -0.4 is 5.32 Å². The molecule has 0 aliphatic rings. The number of amides is 1. The van der Waals surface area contributed by atoms with Crippen LogP contribution in [-0.4, -0.2) is 29.5 Å². The van der Waals surface area contributed by atoms with Crippen LogP contribution in [0.4, 0.5) is 5.13 Å². The van der Waals surface area contributed by atoms with Gasteiger partial charge in [-0.1, -0.05) is 6.07 Å². The highest BCUT2D eigenvalue weighted by Gasteiger charge is 2.20. The van der Waals surface area contributed by atoms with E-state index < -0.39 is 21.0 Å². The second kappa shape index (κ2) is 7.35. The Morgan fingerprint density at radius 3 is 2.58 bits per heavy atom. The zero-order valence-corrected chi connectivity index (χ0v) is 15.8. The van der Waals surface area contributed by atoms with Gasteiger partial charge in [0, 0.05) is 28.9 Å². The first-order valence-corrected chi connectivity index (χ1v) is 10.3. The summed E-state index contributed by atoms with van der Waals surface area (Å²) in [6.07, 6.45) is 3.35. The molecular formula is C18H17N3O3S2. The van der Waals surface area contributed by atoms with Gasteiger partial charge < -0.3 is 0 Å². The van der Waals surface area contributed by atoms with Gasteiger partial charge in [0.1, 0.15) is 0 Å². The van der Waals surface area contributed by atoms with Crippen LogP contribution in [0.3, 0.4) is 0 Å². The molecule has 2 heterocycles. The molecule has 0 aliphatic carbocycles. The second-order valence-electron chi connectivity index (χ2n) is 5.85. The molecule has 0 aliphatic heterocycles. The number of hydrogen-bond acceptors (Lipinski definition) is 6. The summed E-state index contributed by atoms with van der Waals surface area (Å²) >= 11 is 1.30. The summed E-state index contributed by atoms with van der Waals surface area (Å²) in [6, 6.07) is 9.70. The van der Waals surface area contributed by atoms with Crippen molar-refractivity contribution >= 4 is 32.2 Å². The largest absolute Gasteiger partial charge is 0.298 e. The average molecular weight is 387 g/mol. The molecule has 0 bridgehead atoms. The number of anilines is 1. The van der Waals surface area contributed by atoms with Crippen molar-refractivity contribution in [2.24, 2.45) is 0 Å². The summed E-state index contributed by atoms with van der Waals surface area (Å²) < 4.78 is 24.6. The molecule has 0 radical (unpaired) electrons. The first kappa shape index (κ1) is 18.2. The first-order valence-electron chi connectivity index (χ1n) is 7.89. The SMILES string of the molecule is CC(C)S(=O)(=O)c1cccc(C(=O)Nc2nc(-c3ccncc3)cs2)c1. The maximum Gasteiger partial charge on any atom is 0.257 e. The van der Waals surface area contributed by atoms with E-state index in [4.69, 9.17) is 0 Å². The molecule has 0 saturated carbocycles. The number of aromatic nitrogens is 2. The average Bonchev–Trinajstić information content (AvgIpc) is 3.11. The molecule has 2 aromatic heterocycles. The summed E-state index contributed by atoms with van der Waals surface area (Å²) in [6.45, 7) is 3.22. The van der Waals surface area contributed by atoms with Gasteiger partial charge in [-0.05, 0) is 44.2 Å². The maximum absolute atomic E-state index is 12.5. The number of hydrogen-bond donors (Lipinski definition) is 1.